The number of likely N-dealkylation sites (tertiary alicyclic amines) is 1. The van der Waals surface area contributed by atoms with E-state index in [1.54, 1.807) is 13.0 Å². The van der Waals surface area contributed by atoms with E-state index in [2.05, 4.69) is 5.16 Å². The summed E-state index contributed by atoms with van der Waals surface area (Å²) >= 11 is 0. The first-order chi connectivity index (χ1) is 11.2. The molecule has 2 N–H and O–H groups in total. The zero-order chi connectivity index (χ0) is 17.9. The van der Waals surface area contributed by atoms with Crippen LogP contribution in [0.2, 0.25) is 0 Å². The van der Waals surface area contributed by atoms with E-state index in [0.29, 0.717) is 36.8 Å². The molecule has 0 unspecified atom stereocenters. The molecule has 0 spiro atoms. The Bertz CT molecular complexity index is 598. The highest BCUT2D eigenvalue weighted by Gasteiger charge is 2.49. The number of aliphatic hydroxyl groups is 1. The van der Waals surface area contributed by atoms with Crippen molar-refractivity contribution in [3.05, 3.63) is 17.5 Å². The van der Waals surface area contributed by atoms with Gasteiger partial charge in [0.05, 0.1) is 18.2 Å². The molecule has 2 rings (SSSR count). The van der Waals surface area contributed by atoms with E-state index in [1.165, 1.54) is 4.90 Å². The zero-order valence-electron chi connectivity index (χ0n) is 14.5. The molecule has 0 aromatic carbocycles. The average Bonchev–Trinajstić information content (AvgIpc) is 2.91. The van der Waals surface area contributed by atoms with Crippen molar-refractivity contribution in [1.82, 2.24) is 10.1 Å². The Balaban J connectivity index is 2.12. The van der Waals surface area contributed by atoms with Crippen molar-refractivity contribution in [3.63, 3.8) is 0 Å². The highest BCUT2D eigenvalue weighted by molar-refractivity contribution is 5.81. The summed E-state index contributed by atoms with van der Waals surface area (Å²) in [6.45, 7) is 6.18. The molecule has 134 valence electrons. The normalized spacial score (nSPS) is 24.4. The third-order valence-electron chi connectivity index (χ3n) is 4.73. The molecule has 0 saturated carbocycles. The van der Waals surface area contributed by atoms with Gasteiger partial charge in [0.25, 0.3) is 0 Å². The van der Waals surface area contributed by atoms with Gasteiger partial charge in [0.15, 0.2) is 0 Å². The van der Waals surface area contributed by atoms with Gasteiger partial charge in [0, 0.05) is 19.2 Å². The van der Waals surface area contributed by atoms with Crippen molar-refractivity contribution >= 4 is 11.9 Å². The van der Waals surface area contributed by atoms with Gasteiger partial charge in [-0.15, -0.1) is 0 Å². The second-order valence-electron chi connectivity index (χ2n) is 7.12. The predicted molar refractivity (Wildman–Crippen MR) is 86.3 cm³/mol. The lowest BCUT2D eigenvalue weighted by Gasteiger charge is -2.43. The molecule has 2 atom stereocenters. The van der Waals surface area contributed by atoms with Crippen LogP contribution in [0.15, 0.2) is 10.6 Å². The first-order valence-corrected chi connectivity index (χ1v) is 8.36. The molecular weight excluding hydrogens is 312 g/mol. The van der Waals surface area contributed by atoms with E-state index < -0.39 is 17.5 Å². The Morgan fingerprint density at radius 1 is 1.50 bits per heavy atom. The SMILES string of the molecule is Cc1cc(CC(=O)N2CC[C@@H](O)[C@](CCC(C)C)(C(=O)O)C2)on1. The minimum absolute atomic E-state index is 0.0299. The maximum Gasteiger partial charge on any atom is 0.314 e. The fourth-order valence-electron chi connectivity index (χ4n) is 3.16. The smallest absolute Gasteiger partial charge is 0.314 e. The van der Waals surface area contributed by atoms with Crippen LogP contribution in [0.4, 0.5) is 0 Å². The van der Waals surface area contributed by atoms with Gasteiger partial charge in [0.2, 0.25) is 5.91 Å². The first-order valence-electron chi connectivity index (χ1n) is 8.36. The molecule has 1 aliphatic heterocycles. The maximum atomic E-state index is 12.5. The lowest BCUT2D eigenvalue weighted by molar-refractivity contribution is -0.167. The summed E-state index contributed by atoms with van der Waals surface area (Å²) < 4.78 is 5.06. The Kier molecular flexibility index (Phi) is 5.64. The summed E-state index contributed by atoms with van der Waals surface area (Å²) in [7, 11) is 0. The molecule has 1 aromatic heterocycles. The van der Waals surface area contributed by atoms with Gasteiger partial charge >= 0.3 is 5.97 Å². The molecule has 1 saturated heterocycles. The number of piperidine rings is 1. The van der Waals surface area contributed by atoms with Gasteiger partial charge in [-0.1, -0.05) is 19.0 Å². The van der Waals surface area contributed by atoms with Crippen LogP contribution in [0, 0.1) is 18.3 Å². The van der Waals surface area contributed by atoms with Crippen LogP contribution in [-0.4, -0.2) is 51.3 Å². The number of aliphatic hydroxyl groups excluding tert-OH is 1. The van der Waals surface area contributed by atoms with Crippen LogP contribution in [0.25, 0.3) is 0 Å². The van der Waals surface area contributed by atoms with Crippen LogP contribution in [0.1, 0.15) is 44.6 Å². The largest absolute Gasteiger partial charge is 0.481 e. The van der Waals surface area contributed by atoms with Crippen molar-refractivity contribution < 1.29 is 24.3 Å². The molecule has 1 aromatic rings. The van der Waals surface area contributed by atoms with Crippen LogP contribution in [-0.2, 0) is 16.0 Å². The van der Waals surface area contributed by atoms with Crippen molar-refractivity contribution in [2.75, 3.05) is 13.1 Å². The predicted octanol–water partition coefficient (Wildman–Crippen LogP) is 1.63. The molecular formula is C17H26N2O5. The topological polar surface area (TPSA) is 104 Å². The summed E-state index contributed by atoms with van der Waals surface area (Å²) in [5.41, 5.74) is -0.598. The maximum absolute atomic E-state index is 12.5. The van der Waals surface area contributed by atoms with Crippen molar-refractivity contribution in [3.8, 4) is 0 Å². The zero-order valence-corrected chi connectivity index (χ0v) is 14.5. The van der Waals surface area contributed by atoms with Gasteiger partial charge in [0.1, 0.15) is 11.2 Å². The Labute approximate surface area is 141 Å². The van der Waals surface area contributed by atoms with Gasteiger partial charge in [-0.3, -0.25) is 9.59 Å². The standard InChI is InChI=1S/C17H26N2O5/c1-11(2)4-6-17(16(22)23)10-19(7-5-14(17)20)15(21)9-13-8-12(3)18-24-13/h8,11,14,20H,4-7,9-10H2,1-3H3,(H,22,23)/t14-,17-/m1/s1. The van der Waals surface area contributed by atoms with Gasteiger partial charge in [-0.05, 0) is 32.1 Å². The molecule has 1 fully saturated rings. The molecule has 0 aliphatic carbocycles. The van der Waals surface area contributed by atoms with Crippen LogP contribution in [0.5, 0.6) is 0 Å². The third-order valence-corrected chi connectivity index (χ3v) is 4.73. The number of aliphatic carboxylic acids is 1. The number of amides is 1. The molecule has 0 radical (unpaired) electrons. The Hall–Kier alpha value is -1.89. The first kappa shape index (κ1) is 18.4. The molecule has 0 bridgehead atoms. The molecule has 2 heterocycles. The van der Waals surface area contributed by atoms with Gasteiger partial charge < -0.3 is 19.6 Å². The van der Waals surface area contributed by atoms with Crippen LogP contribution >= 0.6 is 0 Å². The third kappa shape index (κ3) is 3.95. The van der Waals surface area contributed by atoms with E-state index in [1.807, 2.05) is 13.8 Å². The summed E-state index contributed by atoms with van der Waals surface area (Å²) in [4.78, 5) is 25.9. The Morgan fingerprint density at radius 3 is 2.75 bits per heavy atom. The van der Waals surface area contributed by atoms with Crippen LogP contribution < -0.4 is 0 Å². The number of hydrogen-bond donors (Lipinski definition) is 2. The van der Waals surface area contributed by atoms with E-state index in [4.69, 9.17) is 4.52 Å². The number of carboxylic acid groups (broad SMARTS) is 1. The summed E-state index contributed by atoms with van der Waals surface area (Å²) in [5.74, 6) is -0.444. The minimum atomic E-state index is -1.30. The van der Waals surface area contributed by atoms with Gasteiger partial charge in [-0.2, -0.15) is 0 Å². The van der Waals surface area contributed by atoms with Crippen molar-refractivity contribution in [1.29, 1.82) is 0 Å². The van der Waals surface area contributed by atoms with E-state index in [-0.39, 0.29) is 25.3 Å². The van der Waals surface area contributed by atoms with Crippen molar-refractivity contribution in [2.45, 2.75) is 52.6 Å². The molecule has 7 heteroatoms. The lowest BCUT2D eigenvalue weighted by Crippen LogP contribution is -2.57. The summed E-state index contributed by atoms with van der Waals surface area (Å²) in [6.07, 6.45) is 0.423. The molecule has 24 heavy (non-hydrogen) atoms. The lowest BCUT2D eigenvalue weighted by atomic mass is 9.72. The summed E-state index contributed by atoms with van der Waals surface area (Å²) in [5, 5.41) is 23.8. The average molecular weight is 338 g/mol. The number of aromatic nitrogens is 1. The van der Waals surface area contributed by atoms with Crippen molar-refractivity contribution in [2.24, 2.45) is 11.3 Å². The highest BCUT2D eigenvalue weighted by atomic mass is 16.5. The number of hydrogen-bond acceptors (Lipinski definition) is 5. The number of aryl methyl sites for hydroxylation is 1. The molecule has 7 nitrogen and oxygen atoms in total. The number of carbonyl (C=O) groups is 2. The second-order valence-corrected chi connectivity index (χ2v) is 7.12. The van der Waals surface area contributed by atoms with Crippen LogP contribution in [0.3, 0.4) is 0 Å². The van der Waals surface area contributed by atoms with Gasteiger partial charge in [-0.25, -0.2) is 0 Å². The number of carboxylic acids is 1. The van der Waals surface area contributed by atoms with E-state index >= 15 is 0 Å². The Morgan fingerprint density at radius 2 is 2.21 bits per heavy atom. The number of carbonyl (C=O) groups excluding carboxylic acids is 1. The monoisotopic (exact) mass is 338 g/mol. The van der Waals surface area contributed by atoms with E-state index in [9.17, 15) is 19.8 Å². The molecule has 1 amide bonds. The minimum Gasteiger partial charge on any atom is -0.481 e. The fraction of sp³-hybridized carbons (Fsp3) is 0.706. The second kappa shape index (κ2) is 7.34. The number of rotatable bonds is 6. The molecule has 1 aliphatic rings. The quantitative estimate of drug-likeness (QED) is 0.817. The highest BCUT2D eigenvalue weighted by Crippen LogP contribution is 2.37. The number of nitrogens with zero attached hydrogens (tertiary/aromatic N) is 2. The fourth-order valence-corrected chi connectivity index (χ4v) is 3.16. The summed E-state index contributed by atoms with van der Waals surface area (Å²) in [6, 6.07) is 1.69. The van der Waals surface area contributed by atoms with E-state index in [0.717, 1.165) is 0 Å².